The van der Waals surface area contributed by atoms with Crippen LogP contribution >= 0.6 is 27.7 Å². The van der Waals surface area contributed by atoms with Crippen LogP contribution in [0.2, 0.25) is 0 Å². The summed E-state index contributed by atoms with van der Waals surface area (Å²) in [6.07, 6.45) is 1.23. The van der Waals surface area contributed by atoms with Crippen molar-refractivity contribution in [3.8, 4) is 11.5 Å². The van der Waals surface area contributed by atoms with Gasteiger partial charge in [-0.3, -0.25) is 5.32 Å². The van der Waals surface area contributed by atoms with Gasteiger partial charge in [0, 0.05) is 6.04 Å². The van der Waals surface area contributed by atoms with E-state index in [0.29, 0.717) is 24.6 Å². The fourth-order valence-electron chi connectivity index (χ4n) is 2.23. The van der Waals surface area contributed by atoms with E-state index in [4.69, 9.17) is 9.47 Å². The molecule has 3 rings (SSSR count). The van der Waals surface area contributed by atoms with Crippen LogP contribution in [0.5, 0.6) is 11.5 Å². The summed E-state index contributed by atoms with van der Waals surface area (Å²) >= 11 is 5.52. The highest BCUT2D eigenvalue weighted by Gasteiger charge is 2.23. The Kier molecular flexibility index (Phi) is 3.73. The predicted octanol–water partition coefficient (Wildman–Crippen LogP) is 3.33. The van der Waals surface area contributed by atoms with E-state index in [1.807, 2.05) is 11.8 Å². The van der Waals surface area contributed by atoms with E-state index < -0.39 is 0 Å². The molecule has 0 radical (unpaired) electrons. The lowest BCUT2D eigenvalue weighted by atomic mass is 10.1. The molecule has 18 heavy (non-hydrogen) atoms. The maximum Gasteiger partial charge on any atom is 0.175 e. The summed E-state index contributed by atoms with van der Waals surface area (Å²) in [7, 11) is 0. The van der Waals surface area contributed by atoms with E-state index in [2.05, 4.69) is 40.3 Å². The van der Waals surface area contributed by atoms with Crippen LogP contribution in [0.25, 0.3) is 0 Å². The molecular weight excluding hydrogens is 314 g/mol. The molecule has 0 spiro atoms. The zero-order valence-corrected chi connectivity index (χ0v) is 12.6. The monoisotopic (exact) mass is 329 g/mol. The summed E-state index contributed by atoms with van der Waals surface area (Å²) in [5.41, 5.74) is 1.25. The second kappa shape index (κ2) is 5.31. The molecule has 1 N–H and O–H groups in total. The third-order valence-electron chi connectivity index (χ3n) is 3.19. The third-order valence-corrected chi connectivity index (χ3v) is 5.00. The average molecular weight is 330 g/mol. The number of fused-ring (bicyclic) bond motifs is 1. The first-order chi connectivity index (χ1) is 8.74. The van der Waals surface area contributed by atoms with Crippen LogP contribution in [-0.4, -0.2) is 25.0 Å². The molecule has 0 saturated carbocycles. The number of nitrogens with one attached hydrogen (secondary N) is 1. The molecule has 0 aromatic heterocycles. The molecule has 0 aliphatic carbocycles. The van der Waals surface area contributed by atoms with Gasteiger partial charge in [-0.25, -0.2) is 0 Å². The van der Waals surface area contributed by atoms with Crippen molar-refractivity contribution in [1.82, 2.24) is 5.32 Å². The fraction of sp³-hybridized carbons (Fsp3) is 0.538. The standard InChI is InChI=1S/C13H16BrNO2S/c1-8-2-5-18-13(15-8)9-6-10(14)12-11(7-9)16-3-4-17-12/h6-8,13,15H,2-5H2,1H3. The van der Waals surface area contributed by atoms with Gasteiger partial charge in [-0.1, -0.05) is 0 Å². The molecule has 2 atom stereocenters. The van der Waals surface area contributed by atoms with Crippen LogP contribution in [0, 0.1) is 0 Å². The van der Waals surface area contributed by atoms with E-state index >= 15 is 0 Å². The molecule has 2 aliphatic heterocycles. The number of benzene rings is 1. The van der Waals surface area contributed by atoms with Gasteiger partial charge >= 0.3 is 0 Å². The van der Waals surface area contributed by atoms with Crippen molar-refractivity contribution in [3.05, 3.63) is 22.2 Å². The summed E-state index contributed by atoms with van der Waals surface area (Å²) in [6, 6.07) is 4.81. The molecule has 1 fully saturated rings. The number of rotatable bonds is 1. The second-order valence-corrected chi connectivity index (χ2v) is 6.70. The number of hydrogen-bond acceptors (Lipinski definition) is 4. The number of ether oxygens (including phenoxy) is 2. The molecule has 0 bridgehead atoms. The Balaban J connectivity index is 1.90. The van der Waals surface area contributed by atoms with Crippen LogP contribution in [0.15, 0.2) is 16.6 Å². The first-order valence-corrected chi connectivity index (χ1v) is 8.05. The second-order valence-electron chi connectivity index (χ2n) is 4.63. The maximum absolute atomic E-state index is 5.67. The first-order valence-electron chi connectivity index (χ1n) is 6.21. The Labute approximate surface area is 120 Å². The lowest BCUT2D eigenvalue weighted by Crippen LogP contribution is -2.33. The minimum Gasteiger partial charge on any atom is -0.486 e. The summed E-state index contributed by atoms with van der Waals surface area (Å²) in [5, 5.41) is 3.96. The highest BCUT2D eigenvalue weighted by atomic mass is 79.9. The number of hydrogen-bond donors (Lipinski definition) is 1. The highest BCUT2D eigenvalue weighted by molar-refractivity contribution is 9.10. The highest BCUT2D eigenvalue weighted by Crippen LogP contribution is 2.42. The molecule has 2 heterocycles. The van der Waals surface area contributed by atoms with Gasteiger partial charge in [0.05, 0.1) is 9.85 Å². The summed E-state index contributed by atoms with van der Waals surface area (Å²) < 4.78 is 12.3. The fourth-order valence-corrected chi connectivity index (χ4v) is 4.18. The Bertz CT molecular complexity index is 455. The Morgan fingerprint density at radius 1 is 1.33 bits per heavy atom. The minimum absolute atomic E-state index is 0.348. The van der Waals surface area contributed by atoms with E-state index in [1.54, 1.807) is 0 Å². The number of halogens is 1. The molecule has 3 nitrogen and oxygen atoms in total. The van der Waals surface area contributed by atoms with Gasteiger partial charge in [0.1, 0.15) is 13.2 Å². The van der Waals surface area contributed by atoms with Crippen LogP contribution in [0.3, 0.4) is 0 Å². The first kappa shape index (κ1) is 12.6. The van der Waals surface area contributed by atoms with Gasteiger partial charge in [0.15, 0.2) is 11.5 Å². The lowest BCUT2D eigenvalue weighted by Gasteiger charge is -2.30. The predicted molar refractivity (Wildman–Crippen MR) is 77.5 cm³/mol. The van der Waals surface area contributed by atoms with E-state index in [-0.39, 0.29) is 0 Å². The van der Waals surface area contributed by atoms with Crippen molar-refractivity contribution in [3.63, 3.8) is 0 Å². The van der Waals surface area contributed by atoms with E-state index in [0.717, 1.165) is 16.0 Å². The van der Waals surface area contributed by atoms with Gasteiger partial charge < -0.3 is 9.47 Å². The largest absolute Gasteiger partial charge is 0.486 e. The average Bonchev–Trinajstić information content (AvgIpc) is 2.39. The SMILES string of the molecule is CC1CCSC(c2cc(Br)c3c(c2)OCCO3)N1. The molecule has 2 aliphatic rings. The van der Waals surface area contributed by atoms with Crippen LogP contribution in [-0.2, 0) is 0 Å². The van der Waals surface area contributed by atoms with Crippen molar-refractivity contribution in [2.24, 2.45) is 0 Å². The molecular formula is C13H16BrNO2S. The topological polar surface area (TPSA) is 30.5 Å². The normalized spacial score (nSPS) is 27.0. The Morgan fingerprint density at radius 3 is 3.00 bits per heavy atom. The molecule has 1 saturated heterocycles. The van der Waals surface area contributed by atoms with Crippen molar-refractivity contribution in [2.75, 3.05) is 19.0 Å². The molecule has 0 amide bonds. The van der Waals surface area contributed by atoms with Crippen LogP contribution in [0.1, 0.15) is 24.3 Å². The number of thioether (sulfide) groups is 1. The van der Waals surface area contributed by atoms with Gasteiger partial charge in [-0.2, -0.15) is 0 Å². The van der Waals surface area contributed by atoms with Gasteiger partial charge in [-0.15, -0.1) is 11.8 Å². The molecule has 1 aromatic carbocycles. The van der Waals surface area contributed by atoms with E-state index in [9.17, 15) is 0 Å². The molecule has 5 heteroatoms. The van der Waals surface area contributed by atoms with Gasteiger partial charge in [-0.05, 0) is 52.7 Å². The smallest absolute Gasteiger partial charge is 0.175 e. The van der Waals surface area contributed by atoms with E-state index in [1.165, 1.54) is 17.7 Å². The summed E-state index contributed by atoms with van der Waals surface area (Å²) in [6.45, 7) is 3.49. The lowest BCUT2D eigenvalue weighted by molar-refractivity contribution is 0.170. The van der Waals surface area contributed by atoms with Crippen LogP contribution < -0.4 is 14.8 Å². The van der Waals surface area contributed by atoms with Crippen molar-refractivity contribution in [1.29, 1.82) is 0 Å². The van der Waals surface area contributed by atoms with Crippen LogP contribution in [0.4, 0.5) is 0 Å². The third kappa shape index (κ3) is 2.49. The van der Waals surface area contributed by atoms with Gasteiger partial charge in [0.25, 0.3) is 0 Å². The zero-order chi connectivity index (χ0) is 12.5. The zero-order valence-electron chi connectivity index (χ0n) is 10.2. The Morgan fingerprint density at radius 2 is 2.17 bits per heavy atom. The molecule has 1 aromatic rings. The van der Waals surface area contributed by atoms with Crippen molar-refractivity contribution in [2.45, 2.75) is 24.8 Å². The summed E-state index contributed by atoms with van der Waals surface area (Å²) in [4.78, 5) is 0. The van der Waals surface area contributed by atoms with Crippen molar-refractivity contribution < 1.29 is 9.47 Å². The van der Waals surface area contributed by atoms with Crippen molar-refractivity contribution >= 4 is 27.7 Å². The minimum atomic E-state index is 0.348. The summed E-state index contributed by atoms with van der Waals surface area (Å²) in [5.74, 6) is 2.88. The molecule has 2 unspecified atom stereocenters. The molecule has 98 valence electrons. The quantitative estimate of drug-likeness (QED) is 0.856. The maximum atomic E-state index is 5.67. The van der Waals surface area contributed by atoms with Gasteiger partial charge in [0.2, 0.25) is 0 Å². The Hall–Kier alpha value is -0.390.